The third kappa shape index (κ3) is 3.84. The van der Waals surface area contributed by atoms with E-state index in [4.69, 9.17) is 14.6 Å². The number of hydrogen-bond acceptors (Lipinski definition) is 6. The highest BCUT2D eigenvalue weighted by molar-refractivity contribution is 5.82. The molecule has 7 heteroatoms. The van der Waals surface area contributed by atoms with Gasteiger partial charge < -0.3 is 19.6 Å². The van der Waals surface area contributed by atoms with Crippen LogP contribution in [0, 0.1) is 13.8 Å². The largest absolute Gasteiger partial charge is 0.496 e. The maximum Gasteiger partial charge on any atom is 0.264 e. The topological polar surface area (TPSA) is 97.3 Å². The van der Waals surface area contributed by atoms with Gasteiger partial charge in [-0.05, 0) is 43.5 Å². The molecule has 0 saturated heterocycles. The standard InChI is InChI=1S/C21H25N3O4/c1-5-6-15-11-16(27-4)17-20(22-15)23-19(24-21(17)26)14-9-12(2)18(13(3)10-14)28-8-7-25/h9-11,25H,5-8H2,1-4H3,(H,22,23,24,26). The van der Waals surface area contributed by atoms with Crippen molar-refractivity contribution < 1.29 is 14.6 Å². The lowest BCUT2D eigenvalue weighted by molar-refractivity contribution is 0.200. The van der Waals surface area contributed by atoms with E-state index >= 15 is 0 Å². The summed E-state index contributed by atoms with van der Waals surface area (Å²) >= 11 is 0. The van der Waals surface area contributed by atoms with Gasteiger partial charge in [0.05, 0.1) is 13.7 Å². The van der Waals surface area contributed by atoms with Gasteiger partial charge in [-0.2, -0.15) is 0 Å². The van der Waals surface area contributed by atoms with Crippen LogP contribution in [0.2, 0.25) is 0 Å². The molecule has 0 atom stereocenters. The van der Waals surface area contributed by atoms with Crippen molar-refractivity contribution in [2.24, 2.45) is 0 Å². The molecular formula is C21H25N3O4. The highest BCUT2D eigenvalue weighted by Gasteiger charge is 2.15. The number of hydrogen-bond donors (Lipinski definition) is 2. The SMILES string of the molecule is CCCc1cc(OC)c2c(=O)[nH]c(-c3cc(C)c(OCCO)c(C)c3)nc2n1. The Hall–Kier alpha value is -2.93. The van der Waals surface area contributed by atoms with Crippen molar-refractivity contribution in [3.63, 3.8) is 0 Å². The normalized spacial score (nSPS) is 11.0. The quantitative estimate of drug-likeness (QED) is 0.651. The van der Waals surface area contributed by atoms with E-state index in [-0.39, 0.29) is 18.8 Å². The van der Waals surface area contributed by atoms with E-state index < -0.39 is 0 Å². The van der Waals surface area contributed by atoms with Gasteiger partial charge in [-0.15, -0.1) is 0 Å². The van der Waals surface area contributed by atoms with E-state index in [2.05, 4.69) is 21.9 Å². The lowest BCUT2D eigenvalue weighted by atomic mass is 10.0. The lowest BCUT2D eigenvalue weighted by Crippen LogP contribution is -2.13. The average molecular weight is 383 g/mol. The fraction of sp³-hybridized carbons (Fsp3) is 0.381. The van der Waals surface area contributed by atoms with Gasteiger partial charge >= 0.3 is 0 Å². The fourth-order valence-corrected chi connectivity index (χ4v) is 3.30. The van der Waals surface area contributed by atoms with Gasteiger partial charge in [-0.1, -0.05) is 13.3 Å². The van der Waals surface area contributed by atoms with E-state index in [0.717, 1.165) is 41.0 Å². The molecule has 2 aromatic heterocycles. The minimum Gasteiger partial charge on any atom is -0.496 e. The highest BCUT2D eigenvalue weighted by atomic mass is 16.5. The second-order valence-corrected chi connectivity index (χ2v) is 6.69. The maximum atomic E-state index is 12.7. The zero-order valence-corrected chi connectivity index (χ0v) is 16.6. The summed E-state index contributed by atoms with van der Waals surface area (Å²) in [4.78, 5) is 24.7. The summed E-state index contributed by atoms with van der Waals surface area (Å²) in [6.07, 6.45) is 1.72. The molecule has 3 aromatic rings. The van der Waals surface area contributed by atoms with Gasteiger partial charge in [0.15, 0.2) is 5.65 Å². The number of pyridine rings is 1. The number of rotatable bonds is 7. The van der Waals surface area contributed by atoms with Crippen LogP contribution in [0.15, 0.2) is 23.0 Å². The van der Waals surface area contributed by atoms with Crippen LogP contribution in [-0.4, -0.2) is 40.4 Å². The van der Waals surface area contributed by atoms with Crippen molar-refractivity contribution in [1.82, 2.24) is 15.0 Å². The van der Waals surface area contributed by atoms with E-state index in [0.29, 0.717) is 22.6 Å². The van der Waals surface area contributed by atoms with Gasteiger partial charge in [0.2, 0.25) is 0 Å². The number of aryl methyl sites for hydroxylation is 3. The second-order valence-electron chi connectivity index (χ2n) is 6.69. The van der Waals surface area contributed by atoms with Gasteiger partial charge in [0, 0.05) is 17.3 Å². The number of nitrogens with zero attached hydrogens (tertiary/aromatic N) is 2. The molecule has 0 amide bonds. The Kier molecular flexibility index (Phi) is 5.94. The number of fused-ring (bicyclic) bond motifs is 1. The number of nitrogens with one attached hydrogen (secondary N) is 1. The molecule has 0 aliphatic carbocycles. The predicted octanol–water partition coefficient (Wildman–Crippen LogP) is 2.93. The lowest BCUT2D eigenvalue weighted by Gasteiger charge is -2.14. The summed E-state index contributed by atoms with van der Waals surface area (Å²) in [5.41, 5.74) is 3.50. The molecule has 7 nitrogen and oxygen atoms in total. The number of methoxy groups -OCH3 is 1. The van der Waals surface area contributed by atoms with E-state index in [9.17, 15) is 4.79 Å². The number of ether oxygens (including phenoxy) is 2. The predicted molar refractivity (Wildman–Crippen MR) is 108 cm³/mol. The van der Waals surface area contributed by atoms with Crippen LogP contribution in [0.3, 0.4) is 0 Å². The van der Waals surface area contributed by atoms with Crippen molar-refractivity contribution in [3.05, 3.63) is 45.4 Å². The Bertz CT molecular complexity index is 1040. The van der Waals surface area contributed by atoms with Crippen molar-refractivity contribution >= 4 is 11.0 Å². The van der Waals surface area contributed by atoms with Gasteiger partial charge in [0.1, 0.15) is 29.3 Å². The molecule has 0 unspecified atom stereocenters. The molecule has 2 N–H and O–H groups in total. The van der Waals surface area contributed by atoms with Crippen molar-refractivity contribution in [3.8, 4) is 22.9 Å². The van der Waals surface area contributed by atoms with Crippen LogP contribution in [-0.2, 0) is 6.42 Å². The Morgan fingerprint density at radius 2 is 1.86 bits per heavy atom. The molecule has 0 bridgehead atoms. The number of aliphatic hydroxyl groups is 1. The van der Waals surface area contributed by atoms with E-state index in [1.54, 1.807) is 6.07 Å². The number of aromatic nitrogens is 3. The first-order valence-electron chi connectivity index (χ1n) is 9.31. The monoisotopic (exact) mass is 383 g/mol. The molecule has 28 heavy (non-hydrogen) atoms. The summed E-state index contributed by atoms with van der Waals surface area (Å²) in [6, 6.07) is 5.60. The summed E-state index contributed by atoms with van der Waals surface area (Å²) in [5, 5.41) is 9.33. The maximum absolute atomic E-state index is 12.7. The zero-order chi connectivity index (χ0) is 20.3. The second kappa shape index (κ2) is 8.39. The summed E-state index contributed by atoms with van der Waals surface area (Å²) in [6.45, 7) is 6.09. The van der Waals surface area contributed by atoms with Crippen LogP contribution in [0.1, 0.15) is 30.2 Å². The molecule has 2 heterocycles. The first-order chi connectivity index (χ1) is 13.5. The number of aromatic amines is 1. The van der Waals surface area contributed by atoms with Crippen LogP contribution in [0.25, 0.3) is 22.4 Å². The van der Waals surface area contributed by atoms with E-state index in [1.807, 2.05) is 26.0 Å². The highest BCUT2D eigenvalue weighted by Crippen LogP contribution is 2.29. The van der Waals surface area contributed by atoms with Crippen LogP contribution >= 0.6 is 0 Å². The molecule has 148 valence electrons. The summed E-state index contributed by atoms with van der Waals surface area (Å²) in [5.74, 6) is 1.65. The molecule has 0 aliphatic rings. The Labute approximate surface area is 163 Å². The Morgan fingerprint density at radius 3 is 2.46 bits per heavy atom. The minimum atomic E-state index is -0.289. The van der Waals surface area contributed by atoms with Crippen LogP contribution in [0.5, 0.6) is 11.5 Å². The smallest absolute Gasteiger partial charge is 0.264 e. The molecule has 3 rings (SSSR count). The summed E-state index contributed by atoms with van der Waals surface area (Å²) < 4.78 is 11.0. The van der Waals surface area contributed by atoms with Gasteiger partial charge in [-0.25, -0.2) is 9.97 Å². The van der Waals surface area contributed by atoms with Crippen molar-refractivity contribution in [2.75, 3.05) is 20.3 Å². The number of benzene rings is 1. The van der Waals surface area contributed by atoms with Crippen molar-refractivity contribution in [1.29, 1.82) is 0 Å². The van der Waals surface area contributed by atoms with Crippen LogP contribution < -0.4 is 15.0 Å². The Morgan fingerprint density at radius 1 is 1.14 bits per heavy atom. The first kappa shape index (κ1) is 19.8. The van der Waals surface area contributed by atoms with Crippen LogP contribution in [0.4, 0.5) is 0 Å². The molecule has 0 spiro atoms. The molecule has 0 fully saturated rings. The zero-order valence-electron chi connectivity index (χ0n) is 16.6. The average Bonchev–Trinajstić information content (AvgIpc) is 2.66. The van der Waals surface area contributed by atoms with Crippen molar-refractivity contribution in [2.45, 2.75) is 33.6 Å². The molecule has 0 aliphatic heterocycles. The first-order valence-corrected chi connectivity index (χ1v) is 9.31. The summed E-state index contributed by atoms with van der Waals surface area (Å²) in [7, 11) is 1.54. The van der Waals surface area contributed by atoms with Gasteiger partial charge in [-0.3, -0.25) is 4.79 Å². The third-order valence-electron chi connectivity index (χ3n) is 4.49. The number of H-pyrrole nitrogens is 1. The third-order valence-corrected chi connectivity index (χ3v) is 4.49. The fourth-order valence-electron chi connectivity index (χ4n) is 3.30. The minimum absolute atomic E-state index is 0.0478. The molecule has 0 saturated carbocycles. The molecular weight excluding hydrogens is 358 g/mol. The van der Waals surface area contributed by atoms with E-state index in [1.165, 1.54) is 7.11 Å². The molecule has 0 radical (unpaired) electrons. The molecule has 1 aromatic carbocycles. The van der Waals surface area contributed by atoms with Gasteiger partial charge in [0.25, 0.3) is 5.56 Å². The number of aliphatic hydroxyl groups excluding tert-OH is 1. The Balaban J connectivity index is 2.15.